The van der Waals surface area contributed by atoms with Gasteiger partial charge in [0.25, 0.3) is 0 Å². The Morgan fingerprint density at radius 1 is 0.679 bits per heavy atom. The van der Waals surface area contributed by atoms with Crippen LogP contribution in [0, 0.1) is 28.7 Å². The highest BCUT2D eigenvalue weighted by Gasteiger charge is 2.08. The van der Waals surface area contributed by atoms with E-state index in [0.717, 1.165) is 35.1 Å². The van der Waals surface area contributed by atoms with E-state index in [9.17, 15) is 5.26 Å². The summed E-state index contributed by atoms with van der Waals surface area (Å²) in [6, 6.07) is 33.9. The molecule has 2 heteroatoms. The smallest absolute Gasteiger partial charge is 0.0991 e. The first-order valence-electron chi connectivity index (χ1n) is 9.16. The fraction of sp³-hybridized carbons (Fsp3) is 0.0769. The van der Waals surface area contributed by atoms with Gasteiger partial charge in [-0.05, 0) is 76.2 Å². The molecule has 0 aliphatic rings. The van der Waals surface area contributed by atoms with E-state index in [1.54, 1.807) is 0 Å². The standard InChI is InChI=1S/C26H17N2/c27-17-21-7-3-5-19(11-21)13-23-15-24-9-1-2-10-26(24)25(16-23)14-20-6-4-8-22(12-20)18-28/h1-12,15H,13-14H2. The van der Waals surface area contributed by atoms with Gasteiger partial charge >= 0.3 is 0 Å². The third-order valence-corrected chi connectivity index (χ3v) is 4.81. The second-order valence-electron chi connectivity index (χ2n) is 6.84. The molecule has 4 aromatic carbocycles. The highest BCUT2D eigenvalue weighted by atomic mass is 14.2. The summed E-state index contributed by atoms with van der Waals surface area (Å²) >= 11 is 0. The van der Waals surface area contributed by atoms with Crippen molar-refractivity contribution in [2.45, 2.75) is 12.8 Å². The number of nitrogens with zero attached hydrogens (tertiary/aromatic N) is 2. The first kappa shape index (κ1) is 17.5. The molecule has 28 heavy (non-hydrogen) atoms. The number of hydrogen-bond acceptors (Lipinski definition) is 2. The van der Waals surface area contributed by atoms with E-state index >= 15 is 0 Å². The number of rotatable bonds is 4. The molecule has 1 radical (unpaired) electrons. The predicted molar refractivity (Wildman–Crippen MR) is 111 cm³/mol. The van der Waals surface area contributed by atoms with Crippen molar-refractivity contribution in [3.05, 3.63) is 118 Å². The maximum Gasteiger partial charge on any atom is 0.0991 e. The molecule has 4 rings (SSSR count). The third-order valence-electron chi connectivity index (χ3n) is 4.81. The molecule has 0 heterocycles. The lowest BCUT2D eigenvalue weighted by Crippen LogP contribution is -1.96. The zero-order valence-corrected chi connectivity index (χ0v) is 15.3. The van der Waals surface area contributed by atoms with Crippen molar-refractivity contribution in [2.75, 3.05) is 0 Å². The monoisotopic (exact) mass is 357 g/mol. The molecule has 0 amide bonds. The number of hydrogen-bond donors (Lipinski definition) is 0. The minimum atomic E-state index is 0.672. The summed E-state index contributed by atoms with van der Waals surface area (Å²) in [6.07, 6.45) is 1.45. The topological polar surface area (TPSA) is 47.6 Å². The van der Waals surface area contributed by atoms with Crippen molar-refractivity contribution in [1.29, 1.82) is 10.5 Å². The first-order valence-corrected chi connectivity index (χ1v) is 9.16. The van der Waals surface area contributed by atoms with Gasteiger partial charge in [0, 0.05) is 0 Å². The molecule has 0 aliphatic heterocycles. The molecule has 0 N–H and O–H groups in total. The Balaban J connectivity index is 1.74. The van der Waals surface area contributed by atoms with Gasteiger partial charge in [0.05, 0.1) is 23.3 Å². The van der Waals surface area contributed by atoms with Crippen LogP contribution in [-0.4, -0.2) is 0 Å². The van der Waals surface area contributed by atoms with Gasteiger partial charge < -0.3 is 0 Å². The average molecular weight is 357 g/mol. The molecule has 0 bridgehead atoms. The van der Waals surface area contributed by atoms with Crippen molar-refractivity contribution in [1.82, 2.24) is 0 Å². The average Bonchev–Trinajstić information content (AvgIpc) is 2.74. The minimum Gasteiger partial charge on any atom is -0.192 e. The van der Waals surface area contributed by atoms with Gasteiger partial charge in [0.2, 0.25) is 0 Å². The van der Waals surface area contributed by atoms with E-state index in [1.165, 1.54) is 10.8 Å². The lowest BCUT2D eigenvalue weighted by molar-refractivity contribution is 1.15. The Morgan fingerprint density at radius 3 is 2.00 bits per heavy atom. The molecular formula is C26H17N2. The molecule has 0 fully saturated rings. The third kappa shape index (κ3) is 3.78. The minimum absolute atomic E-state index is 0.672. The Bertz CT molecular complexity index is 1240. The summed E-state index contributed by atoms with van der Waals surface area (Å²) < 4.78 is 0. The summed E-state index contributed by atoms with van der Waals surface area (Å²) in [4.78, 5) is 0. The van der Waals surface area contributed by atoms with Crippen LogP contribution in [0.2, 0.25) is 0 Å². The van der Waals surface area contributed by atoms with E-state index in [1.807, 2.05) is 60.7 Å². The Labute approximate surface area is 164 Å². The van der Waals surface area contributed by atoms with Crippen molar-refractivity contribution in [2.24, 2.45) is 0 Å². The first-order chi connectivity index (χ1) is 13.7. The van der Waals surface area contributed by atoms with E-state index in [-0.39, 0.29) is 0 Å². The van der Waals surface area contributed by atoms with Gasteiger partial charge in [0.15, 0.2) is 0 Å². The van der Waals surface area contributed by atoms with Crippen LogP contribution in [-0.2, 0) is 12.8 Å². The van der Waals surface area contributed by atoms with E-state index < -0.39 is 0 Å². The maximum absolute atomic E-state index is 9.17. The molecule has 4 aromatic rings. The lowest BCUT2D eigenvalue weighted by atomic mass is 9.93. The summed E-state index contributed by atoms with van der Waals surface area (Å²) in [5.41, 5.74) is 5.77. The fourth-order valence-electron chi connectivity index (χ4n) is 3.54. The summed E-state index contributed by atoms with van der Waals surface area (Å²) in [6.45, 7) is 0. The van der Waals surface area contributed by atoms with Crippen LogP contribution in [0.25, 0.3) is 10.8 Å². The molecule has 0 saturated carbocycles. The molecule has 0 unspecified atom stereocenters. The molecule has 0 aromatic heterocycles. The number of fused-ring (bicyclic) bond motifs is 1. The van der Waals surface area contributed by atoms with Crippen LogP contribution < -0.4 is 0 Å². The molecule has 0 atom stereocenters. The van der Waals surface area contributed by atoms with Gasteiger partial charge in [-0.2, -0.15) is 10.5 Å². The summed E-state index contributed by atoms with van der Waals surface area (Å²) in [5, 5.41) is 20.7. The van der Waals surface area contributed by atoms with Crippen LogP contribution in [0.15, 0.2) is 78.9 Å². The molecule has 0 spiro atoms. The van der Waals surface area contributed by atoms with Gasteiger partial charge in [-0.25, -0.2) is 0 Å². The normalized spacial score (nSPS) is 10.4. The number of nitriles is 2. The molecule has 0 saturated heterocycles. The van der Waals surface area contributed by atoms with E-state index in [4.69, 9.17) is 5.26 Å². The SMILES string of the molecule is N#Cc1cccc(Cc2[c]c(Cc3cccc(C#N)c3)c3ccccc3c2)c1. The Hall–Kier alpha value is -3.88. The van der Waals surface area contributed by atoms with Gasteiger partial charge in [-0.1, -0.05) is 54.6 Å². The summed E-state index contributed by atoms with van der Waals surface area (Å²) in [5.74, 6) is 0. The molecular weight excluding hydrogens is 340 g/mol. The van der Waals surface area contributed by atoms with Crippen LogP contribution in [0.1, 0.15) is 33.4 Å². The molecule has 2 nitrogen and oxygen atoms in total. The van der Waals surface area contributed by atoms with Crippen LogP contribution in [0.5, 0.6) is 0 Å². The number of benzene rings is 4. The second kappa shape index (κ2) is 7.78. The predicted octanol–water partition coefficient (Wildman–Crippen LogP) is 5.56. The van der Waals surface area contributed by atoms with Crippen molar-refractivity contribution < 1.29 is 0 Å². The zero-order chi connectivity index (χ0) is 19.3. The van der Waals surface area contributed by atoms with Crippen LogP contribution >= 0.6 is 0 Å². The Morgan fingerprint density at radius 2 is 1.32 bits per heavy atom. The quantitative estimate of drug-likeness (QED) is 0.480. The lowest BCUT2D eigenvalue weighted by Gasteiger charge is -2.11. The van der Waals surface area contributed by atoms with Crippen LogP contribution in [0.4, 0.5) is 0 Å². The second-order valence-corrected chi connectivity index (χ2v) is 6.84. The van der Waals surface area contributed by atoms with Gasteiger partial charge in [-0.3, -0.25) is 0 Å². The zero-order valence-electron chi connectivity index (χ0n) is 15.3. The Kier molecular flexibility index (Phi) is 4.87. The maximum atomic E-state index is 9.17. The molecule has 0 aliphatic carbocycles. The van der Waals surface area contributed by atoms with Gasteiger partial charge in [-0.15, -0.1) is 0 Å². The highest BCUT2D eigenvalue weighted by Crippen LogP contribution is 2.25. The molecule has 131 valence electrons. The fourth-order valence-corrected chi connectivity index (χ4v) is 3.54. The van der Waals surface area contributed by atoms with Crippen LogP contribution in [0.3, 0.4) is 0 Å². The highest BCUT2D eigenvalue weighted by molar-refractivity contribution is 5.86. The van der Waals surface area contributed by atoms with Crippen molar-refractivity contribution in [3.63, 3.8) is 0 Å². The van der Waals surface area contributed by atoms with Crippen molar-refractivity contribution in [3.8, 4) is 12.1 Å². The van der Waals surface area contributed by atoms with E-state index in [0.29, 0.717) is 11.1 Å². The summed E-state index contributed by atoms with van der Waals surface area (Å²) in [7, 11) is 0. The largest absolute Gasteiger partial charge is 0.192 e. The van der Waals surface area contributed by atoms with E-state index in [2.05, 4.69) is 36.4 Å². The van der Waals surface area contributed by atoms with Crippen molar-refractivity contribution >= 4 is 10.8 Å². The van der Waals surface area contributed by atoms with Gasteiger partial charge in [0.1, 0.15) is 0 Å².